The fourth-order valence-electron chi connectivity index (χ4n) is 2.58. The zero-order valence-electron chi connectivity index (χ0n) is 11.4. The molecule has 0 bridgehead atoms. The monoisotopic (exact) mass is 273 g/mol. The molecule has 1 saturated heterocycles. The maximum absolute atomic E-state index is 5.51. The lowest BCUT2D eigenvalue weighted by molar-refractivity contribution is 0.137. The van der Waals surface area contributed by atoms with E-state index in [4.69, 9.17) is 4.74 Å². The summed E-state index contributed by atoms with van der Waals surface area (Å²) in [7, 11) is 0. The second-order valence-corrected chi connectivity index (χ2v) is 5.12. The lowest BCUT2D eigenvalue weighted by Crippen LogP contribution is -2.36. The Hall–Kier alpha value is -1.72. The van der Waals surface area contributed by atoms with E-state index in [1.807, 2.05) is 6.07 Å². The van der Waals surface area contributed by atoms with Crippen molar-refractivity contribution in [1.82, 2.24) is 15.2 Å². The van der Waals surface area contributed by atoms with Crippen LogP contribution in [-0.2, 0) is 17.7 Å². The van der Waals surface area contributed by atoms with Gasteiger partial charge in [0.05, 0.1) is 12.8 Å². The molecule has 0 saturated carbocycles. The highest BCUT2D eigenvalue weighted by molar-refractivity contribution is 5.15. The first kappa shape index (κ1) is 13.3. The van der Waals surface area contributed by atoms with Crippen molar-refractivity contribution in [1.29, 1.82) is 0 Å². The maximum atomic E-state index is 5.51. The Morgan fingerprint density at radius 2 is 2.15 bits per heavy atom. The first-order chi connectivity index (χ1) is 9.92. The summed E-state index contributed by atoms with van der Waals surface area (Å²) >= 11 is 0. The molecule has 1 aromatic carbocycles. The van der Waals surface area contributed by atoms with Gasteiger partial charge in [0, 0.05) is 25.7 Å². The molecule has 0 radical (unpaired) electrons. The lowest BCUT2D eigenvalue weighted by Gasteiger charge is -2.26. The number of aromatic nitrogens is 2. The minimum atomic E-state index is 0.468. The van der Waals surface area contributed by atoms with Gasteiger partial charge in [-0.1, -0.05) is 40.6 Å². The van der Waals surface area contributed by atoms with Crippen molar-refractivity contribution in [3.8, 4) is 0 Å². The third kappa shape index (κ3) is 3.43. The molecular weight excluding hydrogens is 254 g/mol. The van der Waals surface area contributed by atoms with Crippen LogP contribution in [0.1, 0.15) is 17.7 Å². The Balaban J connectivity index is 1.62. The predicted octanol–water partition coefficient (Wildman–Crippen LogP) is 1.90. The molecule has 1 aliphatic rings. The van der Waals surface area contributed by atoms with Gasteiger partial charge < -0.3 is 4.74 Å². The fraction of sp³-hybridized carbons (Fsp3) is 0.467. The molecule has 20 heavy (non-hydrogen) atoms. The number of benzene rings is 1. The van der Waals surface area contributed by atoms with Crippen molar-refractivity contribution < 1.29 is 9.37 Å². The standard InChI is InChI=1S/C15H19N3O2/c1-2-4-13(5-3-1)6-8-18(15-7-9-19-12-15)11-14-10-16-20-17-14/h1-5,10,15H,6-9,11-12H2. The first-order valence-electron chi connectivity index (χ1n) is 7.04. The molecule has 0 N–H and O–H groups in total. The third-order valence-electron chi connectivity index (χ3n) is 3.72. The van der Waals surface area contributed by atoms with Crippen molar-refractivity contribution in [2.45, 2.75) is 25.4 Å². The molecule has 0 aliphatic carbocycles. The number of rotatable bonds is 6. The van der Waals surface area contributed by atoms with Crippen LogP contribution in [0, 0.1) is 0 Å². The molecule has 1 atom stereocenters. The number of nitrogens with zero attached hydrogens (tertiary/aromatic N) is 3. The van der Waals surface area contributed by atoms with Crippen molar-refractivity contribution in [3.63, 3.8) is 0 Å². The number of ether oxygens (including phenoxy) is 1. The molecular formula is C15H19N3O2. The Kier molecular flexibility index (Phi) is 4.40. The van der Waals surface area contributed by atoms with Gasteiger partial charge in [0.2, 0.25) is 0 Å². The molecule has 1 unspecified atom stereocenters. The second-order valence-electron chi connectivity index (χ2n) is 5.12. The second kappa shape index (κ2) is 6.63. The van der Waals surface area contributed by atoms with Gasteiger partial charge in [-0.25, -0.2) is 4.63 Å². The van der Waals surface area contributed by atoms with E-state index in [9.17, 15) is 0 Å². The van der Waals surface area contributed by atoms with Crippen LogP contribution in [0.3, 0.4) is 0 Å². The number of hydrogen-bond acceptors (Lipinski definition) is 5. The summed E-state index contributed by atoms with van der Waals surface area (Å²) in [6, 6.07) is 11.0. The SMILES string of the molecule is c1ccc(CCN(Cc2cnon2)C2CCOC2)cc1. The molecule has 106 valence electrons. The topological polar surface area (TPSA) is 51.4 Å². The van der Waals surface area contributed by atoms with E-state index < -0.39 is 0 Å². The largest absolute Gasteiger partial charge is 0.380 e. The highest BCUT2D eigenvalue weighted by atomic mass is 16.6. The van der Waals surface area contributed by atoms with Gasteiger partial charge in [0.25, 0.3) is 0 Å². The molecule has 5 heteroatoms. The van der Waals surface area contributed by atoms with E-state index in [0.29, 0.717) is 6.04 Å². The van der Waals surface area contributed by atoms with Gasteiger partial charge in [-0.05, 0) is 18.4 Å². The van der Waals surface area contributed by atoms with Crippen LogP contribution in [-0.4, -0.2) is 41.0 Å². The van der Waals surface area contributed by atoms with Gasteiger partial charge in [-0.2, -0.15) is 0 Å². The first-order valence-corrected chi connectivity index (χ1v) is 7.04. The van der Waals surface area contributed by atoms with E-state index in [-0.39, 0.29) is 0 Å². The van der Waals surface area contributed by atoms with Crippen molar-refractivity contribution >= 4 is 0 Å². The van der Waals surface area contributed by atoms with Crippen LogP contribution in [0.2, 0.25) is 0 Å². The van der Waals surface area contributed by atoms with E-state index in [0.717, 1.165) is 44.8 Å². The number of hydrogen-bond donors (Lipinski definition) is 0. The van der Waals surface area contributed by atoms with Crippen LogP contribution in [0.25, 0.3) is 0 Å². The van der Waals surface area contributed by atoms with Crippen LogP contribution in [0.5, 0.6) is 0 Å². The zero-order chi connectivity index (χ0) is 13.6. The molecule has 0 amide bonds. The summed E-state index contributed by atoms with van der Waals surface area (Å²) in [5, 5.41) is 7.59. The van der Waals surface area contributed by atoms with Crippen molar-refractivity contribution in [2.75, 3.05) is 19.8 Å². The van der Waals surface area contributed by atoms with Gasteiger partial charge in [0.1, 0.15) is 5.69 Å². The van der Waals surface area contributed by atoms with Gasteiger partial charge in [-0.3, -0.25) is 4.90 Å². The third-order valence-corrected chi connectivity index (χ3v) is 3.72. The minimum Gasteiger partial charge on any atom is -0.380 e. The highest BCUT2D eigenvalue weighted by Crippen LogP contribution is 2.16. The van der Waals surface area contributed by atoms with Crippen molar-refractivity contribution in [3.05, 3.63) is 47.8 Å². The summed E-state index contributed by atoms with van der Waals surface area (Å²) in [6.45, 7) is 3.42. The van der Waals surface area contributed by atoms with Crippen LogP contribution >= 0.6 is 0 Å². The van der Waals surface area contributed by atoms with Crippen molar-refractivity contribution in [2.24, 2.45) is 0 Å². The van der Waals surface area contributed by atoms with Crippen LogP contribution in [0.15, 0.2) is 41.2 Å². The Morgan fingerprint density at radius 3 is 2.85 bits per heavy atom. The fourth-order valence-corrected chi connectivity index (χ4v) is 2.58. The van der Waals surface area contributed by atoms with E-state index in [1.54, 1.807) is 6.20 Å². The summed E-state index contributed by atoms with van der Waals surface area (Å²) in [6.07, 6.45) is 3.80. The quantitative estimate of drug-likeness (QED) is 0.804. The van der Waals surface area contributed by atoms with Gasteiger partial charge in [0.15, 0.2) is 0 Å². The van der Waals surface area contributed by atoms with E-state index >= 15 is 0 Å². The molecule has 1 aromatic heterocycles. The molecule has 3 rings (SSSR count). The molecule has 1 aliphatic heterocycles. The Bertz CT molecular complexity index is 495. The summed E-state index contributed by atoms with van der Waals surface area (Å²) in [5.41, 5.74) is 2.24. The summed E-state index contributed by atoms with van der Waals surface area (Å²) < 4.78 is 10.2. The van der Waals surface area contributed by atoms with Gasteiger partial charge in [-0.15, -0.1) is 0 Å². The Morgan fingerprint density at radius 1 is 1.25 bits per heavy atom. The zero-order valence-corrected chi connectivity index (χ0v) is 11.4. The maximum Gasteiger partial charge on any atom is 0.119 e. The van der Waals surface area contributed by atoms with Crippen LogP contribution in [0.4, 0.5) is 0 Å². The van der Waals surface area contributed by atoms with E-state index in [1.165, 1.54) is 5.56 Å². The summed E-state index contributed by atoms with van der Waals surface area (Å²) in [5.74, 6) is 0. The van der Waals surface area contributed by atoms with Gasteiger partial charge >= 0.3 is 0 Å². The predicted molar refractivity (Wildman–Crippen MR) is 74.1 cm³/mol. The smallest absolute Gasteiger partial charge is 0.119 e. The minimum absolute atomic E-state index is 0.468. The van der Waals surface area contributed by atoms with E-state index in [2.05, 4.69) is 44.1 Å². The lowest BCUT2D eigenvalue weighted by atomic mass is 10.1. The Labute approximate surface area is 118 Å². The average molecular weight is 273 g/mol. The van der Waals surface area contributed by atoms with Crippen LogP contribution < -0.4 is 0 Å². The molecule has 5 nitrogen and oxygen atoms in total. The normalized spacial score (nSPS) is 18.8. The molecule has 2 heterocycles. The molecule has 0 spiro atoms. The molecule has 2 aromatic rings. The highest BCUT2D eigenvalue weighted by Gasteiger charge is 2.23. The average Bonchev–Trinajstić information content (AvgIpc) is 3.17. The summed E-state index contributed by atoms with van der Waals surface area (Å²) in [4.78, 5) is 2.42. The molecule has 1 fully saturated rings.